The second-order valence-corrected chi connectivity index (χ2v) is 7.11. The Morgan fingerprint density at radius 3 is 2.46 bits per heavy atom. The molecule has 0 aliphatic carbocycles. The maximum absolute atomic E-state index is 12.4. The standard InChI is InChI=1S/C13H11ClN4O.C6H12N2O/c1-2-9-11-12(16-6-5-15-11)13(19)18(9)10-4-3-8(14)7-17-10;1-7-2-4-8(6-9)5-3-7/h3-7,9H,2H2,1H3;6H,2-5H2,1H3. The highest BCUT2D eigenvalue weighted by Crippen LogP contribution is 2.36. The minimum Gasteiger partial charge on any atom is -0.343 e. The van der Waals surface area contributed by atoms with E-state index in [2.05, 4.69) is 26.9 Å². The van der Waals surface area contributed by atoms with Crippen LogP contribution in [0.4, 0.5) is 5.82 Å². The maximum atomic E-state index is 12.4. The van der Waals surface area contributed by atoms with E-state index < -0.39 is 0 Å². The van der Waals surface area contributed by atoms with E-state index in [1.807, 2.05) is 6.92 Å². The number of halogens is 1. The number of rotatable bonds is 3. The lowest BCUT2D eigenvalue weighted by Gasteiger charge is -2.29. The second-order valence-electron chi connectivity index (χ2n) is 6.67. The summed E-state index contributed by atoms with van der Waals surface area (Å²) in [5.41, 5.74) is 1.12. The molecule has 28 heavy (non-hydrogen) atoms. The molecule has 0 bridgehead atoms. The number of anilines is 1. The molecule has 9 heteroatoms. The number of carbonyl (C=O) groups is 2. The molecule has 0 aromatic carbocycles. The number of carbonyl (C=O) groups excluding carboxylic acids is 2. The van der Waals surface area contributed by atoms with Gasteiger partial charge in [-0.15, -0.1) is 0 Å². The molecule has 2 aromatic rings. The SMILES string of the molecule is CCC1c2nccnc2C(=O)N1c1ccc(Cl)cn1.CN1CCN(C=O)CC1. The molecule has 8 nitrogen and oxygen atoms in total. The van der Waals surface area contributed by atoms with Gasteiger partial charge in [0.05, 0.1) is 16.8 Å². The Labute approximate surface area is 169 Å². The number of piperazine rings is 1. The zero-order valence-corrected chi connectivity index (χ0v) is 16.7. The summed E-state index contributed by atoms with van der Waals surface area (Å²) >= 11 is 5.82. The summed E-state index contributed by atoms with van der Waals surface area (Å²) in [6.07, 6.45) is 6.34. The smallest absolute Gasteiger partial charge is 0.280 e. The second kappa shape index (κ2) is 9.07. The number of fused-ring (bicyclic) bond motifs is 1. The van der Waals surface area contributed by atoms with Crippen LogP contribution in [0.5, 0.6) is 0 Å². The molecule has 2 amide bonds. The third kappa shape index (κ3) is 4.28. The number of hydrogen-bond donors (Lipinski definition) is 0. The summed E-state index contributed by atoms with van der Waals surface area (Å²) in [6.45, 7) is 5.81. The topological polar surface area (TPSA) is 82.5 Å². The number of likely N-dealkylation sites (N-methyl/N-ethyl adjacent to an activating group) is 1. The van der Waals surface area contributed by atoms with Gasteiger partial charge < -0.3 is 9.80 Å². The first-order valence-electron chi connectivity index (χ1n) is 9.19. The summed E-state index contributed by atoms with van der Waals surface area (Å²) < 4.78 is 0. The fourth-order valence-corrected chi connectivity index (χ4v) is 3.32. The van der Waals surface area contributed by atoms with Gasteiger partial charge in [0.2, 0.25) is 6.41 Å². The Bertz CT molecular complexity index is 823. The predicted octanol–water partition coefficient (Wildman–Crippen LogP) is 2.03. The molecule has 0 saturated carbocycles. The quantitative estimate of drug-likeness (QED) is 0.730. The maximum Gasteiger partial charge on any atom is 0.280 e. The molecule has 0 spiro atoms. The minimum absolute atomic E-state index is 0.120. The van der Waals surface area contributed by atoms with Crippen molar-refractivity contribution < 1.29 is 9.59 Å². The Kier molecular flexibility index (Phi) is 6.53. The third-order valence-corrected chi connectivity index (χ3v) is 5.03. The Balaban J connectivity index is 0.000000211. The van der Waals surface area contributed by atoms with Gasteiger partial charge in [0.15, 0.2) is 5.69 Å². The first-order valence-corrected chi connectivity index (χ1v) is 9.56. The summed E-state index contributed by atoms with van der Waals surface area (Å²) in [7, 11) is 2.07. The fraction of sp³-hybridized carbons (Fsp3) is 0.421. The van der Waals surface area contributed by atoms with E-state index in [9.17, 15) is 9.59 Å². The number of amides is 2. The monoisotopic (exact) mass is 402 g/mol. The molecule has 1 atom stereocenters. The summed E-state index contributed by atoms with van der Waals surface area (Å²) in [6, 6.07) is 3.33. The van der Waals surface area contributed by atoms with Gasteiger partial charge in [-0.3, -0.25) is 19.5 Å². The van der Waals surface area contributed by atoms with Crippen LogP contribution in [0, 0.1) is 0 Å². The average Bonchev–Trinajstić information content (AvgIpc) is 3.02. The van der Waals surface area contributed by atoms with Crippen LogP contribution >= 0.6 is 11.6 Å². The molecule has 1 fully saturated rings. The van der Waals surface area contributed by atoms with Crippen molar-refractivity contribution in [3.63, 3.8) is 0 Å². The largest absolute Gasteiger partial charge is 0.343 e. The van der Waals surface area contributed by atoms with E-state index >= 15 is 0 Å². The minimum atomic E-state index is -0.162. The molecular formula is C19H23ClN6O2. The molecule has 2 aromatic heterocycles. The van der Waals surface area contributed by atoms with Crippen molar-refractivity contribution in [1.29, 1.82) is 0 Å². The molecule has 2 aliphatic heterocycles. The molecule has 4 rings (SSSR count). The van der Waals surface area contributed by atoms with Gasteiger partial charge in [0, 0.05) is 44.8 Å². The summed E-state index contributed by atoms with van der Waals surface area (Å²) in [5.74, 6) is 0.408. The van der Waals surface area contributed by atoms with Crippen LogP contribution in [0.2, 0.25) is 5.02 Å². The van der Waals surface area contributed by atoms with E-state index in [1.54, 1.807) is 28.1 Å². The first-order chi connectivity index (χ1) is 13.5. The number of hydrogen-bond acceptors (Lipinski definition) is 6. The molecule has 148 valence electrons. The Hall–Kier alpha value is -2.58. The summed E-state index contributed by atoms with van der Waals surface area (Å²) in [5, 5.41) is 0.539. The highest BCUT2D eigenvalue weighted by atomic mass is 35.5. The van der Waals surface area contributed by atoms with E-state index in [4.69, 9.17) is 11.6 Å². The van der Waals surface area contributed by atoms with Crippen LogP contribution in [0.15, 0.2) is 30.7 Å². The molecule has 1 saturated heterocycles. The summed E-state index contributed by atoms with van der Waals surface area (Å²) in [4.78, 5) is 40.8. The van der Waals surface area contributed by atoms with Gasteiger partial charge >= 0.3 is 0 Å². The Morgan fingerprint density at radius 1 is 1.14 bits per heavy atom. The Morgan fingerprint density at radius 2 is 1.86 bits per heavy atom. The van der Waals surface area contributed by atoms with Crippen molar-refractivity contribution in [2.45, 2.75) is 19.4 Å². The number of aromatic nitrogens is 3. The van der Waals surface area contributed by atoms with Gasteiger partial charge in [-0.2, -0.15) is 0 Å². The van der Waals surface area contributed by atoms with Crippen molar-refractivity contribution in [3.8, 4) is 0 Å². The fourth-order valence-electron chi connectivity index (χ4n) is 3.21. The normalized spacial score (nSPS) is 19.1. The van der Waals surface area contributed by atoms with Crippen molar-refractivity contribution in [2.24, 2.45) is 0 Å². The van der Waals surface area contributed by atoms with Crippen LogP contribution in [0.25, 0.3) is 0 Å². The van der Waals surface area contributed by atoms with E-state index in [1.165, 1.54) is 12.4 Å². The number of nitrogens with zero attached hydrogens (tertiary/aromatic N) is 6. The van der Waals surface area contributed by atoms with Crippen LogP contribution < -0.4 is 4.90 Å². The van der Waals surface area contributed by atoms with E-state index in [0.29, 0.717) is 22.2 Å². The van der Waals surface area contributed by atoms with Gasteiger partial charge in [0.25, 0.3) is 5.91 Å². The molecule has 1 unspecified atom stereocenters. The van der Waals surface area contributed by atoms with Crippen molar-refractivity contribution >= 4 is 29.7 Å². The van der Waals surface area contributed by atoms with Crippen LogP contribution in [0.1, 0.15) is 35.6 Å². The lowest BCUT2D eigenvalue weighted by atomic mass is 10.1. The highest BCUT2D eigenvalue weighted by Gasteiger charge is 2.39. The molecule has 0 radical (unpaired) electrons. The predicted molar refractivity (Wildman–Crippen MR) is 106 cm³/mol. The first kappa shape index (κ1) is 20.2. The molecule has 4 heterocycles. The third-order valence-electron chi connectivity index (χ3n) is 4.81. The number of pyridine rings is 1. The molecule has 0 N–H and O–H groups in total. The van der Waals surface area contributed by atoms with Crippen LogP contribution in [-0.4, -0.2) is 70.3 Å². The lowest BCUT2D eigenvalue weighted by Crippen LogP contribution is -2.43. The van der Waals surface area contributed by atoms with Crippen LogP contribution in [0.3, 0.4) is 0 Å². The van der Waals surface area contributed by atoms with Crippen molar-refractivity contribution in [2.75, 3.05) is 38.1 Å². The van der Waals surface area contributed by atoms with Crippen LogP contribution in [-0.2, 0) is 4.79 Å². The van der Waals surface area contributed by atoms with Crippen molar-refractivity contribution in [1.82, 2.24) is 24.8 Å². The zero-order valence-electron chi connectivity index (χ0n) is 16.0. The van der Waals surface area contributed by atoms with E-state index in [0.717, 1.165) is 39.0 Å². The van der Waals surface area contributed by atoms with Gasteiger partial charge in [-0.1, -0.05) is 18.5 Å². The van der Waals surface area contributed by atoms with Gasteiger partial charge in [-0.25, -0.2) is 9.97 Å². The van der Waals surface area contributed by atoms with Crippen molar-refractivity contribution in [3.05, 3.63) is 47.1 Å². The average molecular weight is 403 g/mol. The molecule has 2 aliphatic rings. The zero-order chi connectivity index (χ0) is 20.1. The molecular weight excluding hydrogens is 380 g/mol. The highest BCUT2D eigenvalue weighted by molar-refractivity contribution is 6.30. The van der Waals surface area contributed by atoms with Gasteiger partial charge in [0.1, 0.15) is 5.82 Å². The lowest BCUT2D eigenvalue weighted by molar-refractivity contribution is -0.119. The van der Waals surface area contributed by atoms with E-state index in [-0.39, 0.29) is 11.9 Å². The van der Waals surface area contributed by atoms with Gasteiger partial charge in [-0.05, 0) is 25.6 Å².